The fraction of sp³-hybridized carbons (Fsp3) is 0.857. The van der Waals surface area contributed by atoms with Crippen molar-refractivity contribution < 1.29 is 4.74 Å². The summed E-state index contributed by atoms with van der Waals surface area (Å²) in [6.07, 6.45) is 7.64. The van der Waals surface area contributed by atoms with E-state index < -0.39 is 0 Å². The van der Waals surface area contributed by atoms with Gasteiger partial charge in [-0.3, -0.25) is 0 Å². The van der Waals surface area contributed by atoms with Crippen molar-refractivity contribution in [3.05, 3.63) is 11.6 Å². The number of ether oxygens (including phenoxy) is 1. The standard InChI is InChI=1S/C14H22N4O/c1-2-8-19-11(3-1)9-12-16-17-14-13(10-4-5-10)15-6-7-18(12)14/h10-11,13,15H,1-9H2. The summed E-state index contributed by atoms with van der Waals surface area (Å²) in [7, 11) is 0. The van der Waals surface area contributed by atoms with E-state index in [9.17, 15) is 0 Å². The van der Waals surface area contributed by atoms with Crippen LogP contribution in [-0.4, -0.2) is 34.0 Å². The van der Waals surface area contributed by atoms with E-state index in [-0.39, 0.29) is 0 Å². The van der Waals surface area contributed by atoms with Crippen molar-refractivity contribution >= 4 is 0 Å². The molecule has 0 bridgehead atoms. The molecule has 1 aromatic heterocycles. The topological polar surface area (TPSA) is 52.0 Å². The van der Waals surface area contributed by atoms with Gasteiger partial charge in [0.05, 0.1) is 12.1 Å². The van der Waals surface area contributed by atoms with Gasteiger partial charge in [0.25, 0.3) is 0 Å². The van der Waals surface area contributed by atoms with Crippen molar-refractivity contribution in [2.24, 2.45) is 5.92 Å². The average molecular weight is 262 g/mol. The van der Waals surface area contributed by atoms with Gasteiger partial charge in [-0.05, 0) is 38.0 Å². The molecule has 1 N–H and O–H groups in total. The number of hydrogen-bond acceptors (Lipinski definition) is 4. The Morgan fingerprint density at radius 1 is 1.21 bits per heavy atom. The van der Waals surface area contributed by atoms with E-state index in [0.717, 1.165) is 37.9 Å². The smallest absolute Gasteiger partial charge is 0.150 e. The first kappa shape index (κ1) is 11.9. The number of fused-ring (bicyclic) bond motifs is 1. The van der Waals surface area contributed by atoms with Crippen molar-refractivity contribution in [2.45, 2.75) is 57.2 Å². The van der Waals surface area contributed by atoms with Crippen LogP contribution in [0.5, 0.6) is 0 Å². The third-order valence-electron chi connectivity index (χ3n) is 4.61. The van der Waals surface area contributed by atoms with Crippen LogP contribution in [0.2, 0.25) is 0 Å². The molecule has 1 aromatic rings. The Morgan fingerprint density at radius 3 is 2.95 bits per heavy atom. The van der Waals surface area contributed by atoms with Crippen molar-refractivity contribution in [3.63, 3.8) is 0 Å². The average Bonchev–Trinajstić information content (AvgIpc) is 3.22. The molecule has 2 aliphatic heterocycles. The quantitative estimate of drug-likeness (QED) is 0.895. The first-order valence-electron chi connectivity index (χ1n) is 7.69. The summed E-state index contributed by atoms with van der Waals surface area (Å²) in [5.41, 5.74) is 0. The first-order chi connectivity index (χ1) is 9.42. The third kappa shape index (κ3) is 2.30. The molecule has 0 spiro atoms. The van der Waals surface area contributed by atoms with Crippen LogP contribution in [0.4, 0.5) is 0 Å². The van der Waals surface area contributed by atoms with Gasteiger partial charge < -0.3 is 14.6 Å². The maximum Gasteiger partial charge on any atom is 0.150 e. The largest absolute Gasteiger partial charge is 0.378 e. The SMILES string of the molecule is C1CCC(Cc2nnc3n2CCNC3C2CC2)OC1. The lowest BCUT2D eigenvalue weighted by atomic mass is 10.1. The molecule has 1 aliphatic carbocycles. The molecule has 1 saturated heterocycles. The lowest BCUT2D eigenvalue weighted by molar-refractivity contribution is 0.0150. The molecule has 0 aromatic carbocycles. The van der Waals surface area contributed by atoms with Crippen molar-refractivity contribution in [3.8, 4) is 0 Å². The Hall–Kier alpha value is -0.940. The van der Waals surface area contributed by atoms with Gasteiger partial charge in [0.15, 0.2) is 5.82 Å². The van der Waals surface area contributed by atoms with Gasteiger partial charge in [0.1, 0.15) is 5.82 Å². The predicted octanol–water partition coefficient (Wildman–Crippen LogP) is 1.44. The maximum atomic E-state index is 5.83. The summed E-state index contributed by atoms with van der Waals surface area (Å²) in [4.78, 5) is 0. The lowest BCUT2D eigenvalue weighted by Crippen LogP contribution is -2.36. The molecule has 19 heavy (non-hydrogen) atoms. The monoisotopic (exact) mass is 262 g/mol. The van der Waals surface area contributed by atoms with Gasteiger partial charge in [-0.25, -0.2) is 0 Å². The second kappa shape index (κ2) is 4.87. The number of nitrogens with zero attached hydrogens (tertiary/aromatic N) is 3. The minimum absolute atomic E-state index is 0.358. The van der Waals surface area contributed by atoms with Crippen LogP contribution in [0.25, 0.3) is 0 Å². The minimum atomic E-state index is 0.358. The van der Waals surface area contributed by atoms with E-state index in [1.54, 1.807) is 0 Å². The zero-order chi connectivity index (χ0) is 12.7. The molecular weight excluding hydrogens is 240 g/mol. The van der Waals surface area contributed by atoms with E-state index in [1.807, 2.05) is 0 Å². The van der Waals surface area contributed by atoms with E-state index >= 15 is 0 Å². The highest BCUT2D eigenvalue weighted by Crippen LogP contribution is 2.41. The Labute approximate surface area is 113 Å². The molecule has 0 radical (unpaired) electrons. The zero-order valence-electron chi connectivity index (χ0n) is 11.3. The van der Waals surface area contributed by atoms with Crippen molar-refractivity contribution in [1.82, 2.24) is 20.1 Å². The van der Waals surface area contributed by atoms with E-state index in [1.165, 1.54) is 37.9 Å². The number of nitrogens with one attached hydrogen (secondary N) is 1. The van der Waals surface area contributed by atoms with E-state index in [0.29, 0.717) is 12.1 Å². The first-order valence-corrected chi connectivity index (χ1v) is 7.69. The molecule has 5 nitrogen and oxygen atoms in total. The van der Waals surface area contributed by atoms with Crippen LogP contribution in [-0.2, 0) is 17.7 Å². The molecule has 4 rings (SSSR count). The van der Waals surface area contributed by atoms with Crippen molar-refractivity contribution in [2.75, 3.05) is 13.2 Å². The Bertz CT molecular complexity index is 448. The molecule has 3 aliphatic rings. The van der Waals surface area contributed by atoms with Gasteiger partial charge in [-0.15, -0.1) is 10.2 Å². The van der Waals surface area contributed by atoms with E-state index in [2.05, 4.69) is 20.1 Å². The molecule has 104 valence electrons. The van der Waals surface area contributed by atoms with Gasteiger partial charge in [0, 0.05) is 26.1 Å². The van der Waals surface area contributed by atoms with Gasteiger partial charge in [-0.2, -0.15) is 0 Å². The second-order valence-electron chi connectivity index (χ2n) is 6.09. The molecule has 2 atom stereocenters. The number of hydrogen-bond donors (Lipinski definition) is 1. The highest BCUT2D eigenvalue weighted by Gasteiger charge is 2.37. The summed E-state index contributed by atoms with van der Waals surface area (Å²) in [5.74, 6) is 3.09. The Kier molecular flexibility index (Phi) is 3.04. The fourth-order valence-electron chi connectivity index (χ4n) is 3.38. The van der Waals surface area contributed by atoms with Crippen molar-refractivity contribution in [1.29, 1.82) is 0 Å². The van der Waals surface area contributed by atoms with Gasteiger partial charge in [0.2, 0.25) is 0 Å². The minimum Gasteiger partial charge on any atom is -0.378 e. The van der Waals surface area contributed by atoms with Crippen LogP contribution < -0.4 is 5.32 Å². The number of rotatable bonds is 3. The van der Waals surface area contributed by atoms with E-state index in [4.69, 9.17) is 4.74 Å². The molecular formula is C14H22N4O. The van der Waals surface area contributed by atoms with Gasteiger partial charge in [-0.1, -0.05) is 0 Å². The zero-order valence-corrected chi connectivity index (χ0v) is 11.3. The predicted molar refractivity (Wildman–Crippen MR) is 70.8 cm³/mol. The van der Waals surface area contributed by atoms with Gasteiger partial charge >= 0.3 is 0 Å². The highest BCUT2D eigenvalue weighted by atomic mass is 16.5. The molecule has 1 saturated carbocycles. The van der Waals surface area contributed by atoms with Crippen LogP contribution in [0.15, 0.2) is 0 Å². The molecule has 2 fully saturated rings. The summed E-state index contributed by atoms with van der Waals surface area (Å²) >= 11 is 0. The summed E-state index contributed by atoms with van der Waals surface area (Å²) in [5, 5.41) is 12.5. The summed E-state index contributed by atoms with van der Waals surface area (Å²) < 4.78 is 8.18. The molecule has 3 heterocycles. The lowest BCUT2D eigenvalue weighted by Gasteiger charge is -2.26. The highest BCUT2D eigenvalue weighted by molar-refractivity contribution is 5.09. The normalized spacial score (nSPS) is 31.2. The van der Waals surface area contributed by atoms with Crippen LogP contribution in [0, 0.1) is 5.92 Å². The van der Waals surface area contributed by atoms with Crippen LogP contribution in [0.1, 0.15) is 49.8 Å². The van der Waals surface area contributed by atoms with Crippen LogP contribution in [0.3, 0.4) is 0 Å². The Balaban J connectivity index is 1.53. The summed E-state index contributed by atoms with van der Waals surface area (Å²) in [6, 6.07) is 0.447. The molecule has 5 heteroatoms. The Morgan fingerprint density at radius 2 is 2.16 bits per heavy atom. The third-order valence-corrected chi connectivity index (χ3v) is 4.61. The second-order valence-corrected chi connectivity index (χ2v) is 6.09. The fourth-order valence-corrected chi connectivity index (χ4v) is 3.38. The molecule has 2 unspecified atom stereocenters. The number of aromatic nitrogens is 3. The maximum absolute atomic E-state index is 5.83. The molecule has 0 amide bonds. The summed E-state index contributed by atoms with van der Waals surface area (Å²) in [6.45, 7) is 2.97. The van der Waals surface area contributed by atoms with Crippen LogP contribution >= 0.6 is 0 Å².